The zero-order chi connectivity index (χ0) is 4.99. The molecule has 0 radical (unpaired) electrons. The Kier molecular flexibility index (Phi) is 40.1. The number of halogens is 3. The monoisotopic (exact) mass is 298 g/mol. The molecule has 0 atom stereocenters. The van der Waals surface area contributed by atoms with Crippen molar-refractivity contribution in [1.82, 2.24) is 0 Å². The van der Waals surface area contributed by atoms with E-state index in [1.165, 1.54) is 0 Å². The van der Waals surface area contributed by atoms with E-state index < -0.39 is 0 Å². The van der Waals surface area contributed by atoms with Crippen molar-refractivity contribution in [3.05, 3.63) is 0 Å². The molecule has 0 aromatic heterocycles. The van der Waals surface area contributed by atoms with Crippen LogP contribution < -0.4 is 37.2 Å². The third-order valence-electron chi connectivity index (χ3n) is 0.403. The maximum atomic E-state index is 9.98. The van der Waals surface area contributed by atoms with Gasteiger partial charge in [0, 0.05) is 0 Å². The maximum Gasteiger partial charge on any atom is -1.00 e. The number of carbonyl (C=O) groups excluding carboxylic acids is 1. The molecular formula is C3H5Cl3O2Sn. The van der Waals surface area contributed by atoms with Gasteiger partial charge in [-0.15, -0.1) is 0 Å². The van der Waals surface area contributed by atoms with Crippen LogP contribution in [0.4, 0.5) is 0 Å². The molecule has 0 aliphatic heterocycles. The van der Waals surface area contributed by atoms with Gasteiger partial charge in [0.1, 0.15) is 0 Å². The van der Waals surface area contributed by atoms with Crippen molar-refractivity contribution in [2.24, 2.45) is 0 Å². The van der Waals surface area contributed by atoms with Gasteiger partial charge in [-0.25, -0.2) is 0 Å². The zero-order valence-electron chi connectivity index (χ0n) is 4.66. The van der Waals surface area contributed by atoms with Crippen LogP contribution in [0.1, 0.15) is 13.3 Å². The van der Waals surface area contributed by atoms with E-state index in [0.717, 1.165) is 22.9 Å². The largest absolute Gasteiger partial charge is 1.00 e. The zero-order valence-corrected chi connectivity index (χ0v) is 9.78. The predicted molar refractivity (Wildman–Crippen MR) is 22.1 cm³/mol. The molecule has 0 aliphatic rings. The molecule has 0 amide bonds. The van der Waals surface area contributed by atoms with Crippen LogP contribution in [0.2, 0.25) is 0 Å². The molecule has 0 heterocycles. The topological polar surface area (TPSA) is 26.3 Å². The second-order valence-corrected chi connectivity index (χ2v) is 1.41. The minimum Gasteiger partial charge on any atom is -1.00 e. The molecule has 0 aliphatic carbocycles. The summed E-state index contributed by atoms with van der Waals surface area (Å²) < 4.78 is 4.35. The van der Waals surface area contributed by atoms with Crippen molar-refractivity contribution in [1.29, 1.82) is 0 Å². The van der Waals surface area contributed by atoms with Crippen molar-refractivity contribution in [3.63, 3.8) is 0 Å². The Hall–Kier alpha value is 1.14. The van der Waals surface area contributed by atoms with E-state index in [1.54, 1.807) is 6.92 Å². The van der Waals surface area contributed by atoms with Crippen LogP contribution in [0, 0.1) is 0 Å². The summed E-state index contributed by atoms with van der Waals surface area (Å²) in [6.07, 6.45) is 0.491. The standard InChI is InChI=1S/C3H6O2.3ClH.Sn/c1-2-3(4)5;;;;/h2H2,1H3,(H,4,5);3*1H;/q;;;;+4/p-4. The summed E-state index contributed by atoms with van der Waals surface area (Å²) in [4.78, 5) is 9.98. The summed E-state index contributed by atoms with van der Waals surface area (Å²) in [7, 11) is 0. The molecule has 0 aromatic rings. The molecule has 0 saturated carbocycles. The van der Waals surface area contributed by atoms with Crippen molar-refractivity contribution < 1.29 is 45.1 Å². The minimum atomic E-state index is -0.117. The third kappa shape index (κ3) is 17.6. The van der Waals surface area contributed by atoms with E-state index in [1.807, 2.05) is 0 Å². The molecule has 0 fully saturated rings. The third-order valence-corrected chi connectivity index (χ3v) is 1.05. The van der Waals surface area contributed by atoms with Crippen LogP contribution in [0.5, 0.6) is 0 Å². The molecule has 0 spiro atoms. The fourth-order valence-electron chi connectivity index (χ4n) is 0.0722. The van der Waals surface area contributed by atoms with E-state index >= 15 is 0 Å². The minimum absolute atomic E-state index is 0. The van der Waals surface area contributed by atoms with Gasteiger partial charge in [0.2, 0.25) is 0 Å². The summed E-state index contributed by atoms with van der Waals surface area (Å²) >= 11 is 0.831. The SMILES string of the molecule is CCC(=O)[O][Sn+3].[Cl-].[Cl-].[Cl-]. The van der Waals surface area contributed by atoms with Gasteiger partial charge < -0.3 is 37.2 Å². The number of rotatable bonds is 1. The molecule has 6 heteroatoms. The maximum absolute atomic E-state index is 9.98. The van der Waals surface area contributed by atoms with E-state index in [-0.39, 0.29) is 43.2 Å². The fourth-order valence-corrected chi connectivity index (χ4v) is 0.484. The Morgan fingerprint density at radius 3 is 1.78 bits per heavy atom. The van der Waals surface area contributed by atoms with E-state index in [0.29, 0.717) is 6.42 Å². The van der Waals surface area contributed by atoms with Crippen molar-refractivity contribution in [2.45, 2.75) is 13.3 Å². The van der Waals surface area contributed by atoms with E-state index in [4.69, 9.17) is 0 Å². The Labute approximate surface area is 87.0 Å². The van der Waals surface area contributed by atoms with Crippen LogP contribution in [0.3, 0.4) is 0 Å². The Morgan fingerprint density at radius 2 is 1.78 bits per heavy atom. The molecule has 54 valence electrons. The number of carbonyl (C=O) groups is 1. The molecular weight excluding hydrogens is 293 g/mol. The average molecular weight is 298 g/mol. The van der Waals surface area contributed by atoms with Crippen molar-refractivity contribution >= 4 is 28.9 Å². The quantitative estimate of drug-likeness (QED) is 0.450. The predicted octanol–water partition coefficient (Wildman–Crippen LogP) is -8.96. The average Bonchev–Trinajstić information content (AvgIpc) is 1.65. The first-order chi connectivity index (χ1) is 2.81. The van der Waals surface area contributed by atoms with Gasteiger partial charge in [0.05, 0.1) is 0 Å². The van der Waals surface area contributed by atoms with Gasteiger partial charge in [-0.1, -0.05) is 0 Å². The Balaban J connectivity index is -0.0000000417. The molecule has 0 rings (SSSR count). The van der Waals surface area contributed by atoms with Crippen LogP contribution >= 0.6 is 0 Å². The smallest absolute Gasteiger partial charge is 1.00 e. The molecule has 0 aromatic carbocycles. The molecule has 0 unspecified atom stereocenters. The summed E-state index contributed by atoms with van der Waals surface area (Å²) in [5.74, 6) is -0.117. The molecule has 0 bridgehead atoms. The second-order valence-electron chi connectivity index (χ2n) is 0.828. The number of hydrogen-bond acceptors (Lipinski definition) is 2. The van der Waals surface area contributed by atoms with Crippen LogP contribution in [-0.2, 0) is 7.87 Å². The van der Waals surface area contributed by atoms with Gasteiger partial charge in [-0.3, -0.25) is 0 Å². The molecule has 0 saturated heterocycles. The number of hydrogen-bond donors (Lipinski definition) is 0. The Bertz CT molecular complexity index is 55.0. The van der Waals surface area contributed by atoms with Gasteiger partial charge in [-0.2, -0.15) is 0 Å². The van der Waals surface area contributed by atoms with Gasteiger partial charge in [-0.05, 0) is 0 Å². The molecule has 0 N–H and O–H groups in total. The van der Waals surface area contributed by atoms with Crippen molar-refractivity contribution in [2.75, 3.05) is 0 Å². The summed E-state index contributed by atoms with van der Waals surface area (Å²) in [5.41, 5.74) is 0. The van der Waals surface area contributed by atoms with Gasteiger partial charge >= 0.3 is 50.1 Å². The van der Waals surface area contributed by atoms with Crippen LogP contribution in [-0.4, -0.2) is 28.9 Å². The Morgan fingerprint density at radius 1 is 1.44 bits per heavy atom. The van der Waals surface area contributed by atoms with Gasteiger partial charge in [0.15, 0.2) is 0 Å². The first kappa shape index (κ1) is 22.5. The first-order valence-electron chi connectivity index (χ1n) is 1.67. The van der Waals surface area contributed by atoms with Gasteiger partial charge in [0.25, 0.3) is 0 Å². The first-order valence-corrected chi connectivity index (χ1v) is 2.84. The summed E-state index contributed by atoms with van der Waals surface area (Å²) in [6.45, 7) is 1.77. The van der Waals surface area contributed by atoms with E-state index in [2.05, 4.69) is 3.07 Å². The van der Waals surface area contributed by atoms with E-state index in [9.17, 15) is 4.79 Å². The molecule has 9 heavy (non-hydrogen) atoms. The van der Waals surface area contributed by atoms with Crippen LogP contribution in [0.15, 0.2) is 0 Å². The normalized spacial score (nSPS) is 5.22. The summed E-state index contributed by atoms with van der Waals surface area (Å²) in [5, 5.41) is 0. The molecule has 2 nitrogen and oxygen atoms in total. The van der Waals surface area contributed by atoms with Crippen molar-refractivity contribution in [3.8, 4) is 0 Å². The summed E-state index contributed by atoms with van der Waals surface area (Å²) in [6, 6.07) is 0. The fraction of sp³-hybridized carbons (Fsp3) is 0.667. The van der Waals surface area contributed by atoms with Crippen LogP contribution in [0.25, 0.3) is 0 Å². The second kappa shape index (κ2) is 16.1.